The summed E-state index contributed by atoms with van der Waals surface area (Å²) in [4.78, 5) is 14.8. The van der Waals surface area contributed by atoms with Gasteiger partial charge in [0.2, 0.25) is 5.91 Å². The zero-order valence-electron chi connectivity index (χ0n) is 14.5. The third kappa shape index (κ3) is 3.47. The van der Waals surface area contributed by atoms with E-state index in [0.717, 1.165) is 0 Å². The van der Waals surface area contributed by atoms with Crippen molar-refractivity contribution in [3.05, 3.63) is 59.7 Å². The van der Waals surface area contributed by atoms with Gasteiger partial charge < -0.3 is 10.6 Å². The Hall–Kier alpha value is -1.84. The normalized spacial score (nSPS) is 14.8. The van der Waals surface area contributed by atoms with Crippen molar-refractivity contribution in [2.75, 3.05) is 0 Å². The van der Waals surface area contributed by atoms with Crippen molar-refractivity contribution in [2.24, 2.45) is 11.1 Å². The Bertz CT molecular complexity index is 689. The van der Waals surface area contributed by atoms with E-state index < -0.39 is 6.04 Å². The molecular weight excluding hydrogens is 320 g/mol. The third-order valence-corrected chi connectivity index (χ3v) is 4.56. The van der Waals surface area contributed by atoms with Crippen LogP contribution in [0.2, 0.25) is 0 Å². The first-order chi connectivity index (χ1) is 10.9. The molecule has 128 valence electrons. The van der Waals surface area contributed by atoms with E-state index in [1.807, 2.05) is 49.9 Å². The molecule has 3 rings (SSSR count). The van der Waals surface area contributed by atoms with E-state index in [9.17, 15) is 4.79 Å². The SMILES string of the molecule is CC(C)(C)[C@H](N)C(=O)N1Cc2ccccc2-c2ccccc2C1.Cl. The van der Waals surface area contributed by atoms with E-state index in [0.29, 0.717) is 13.1 Å². The Morgan fingerprint density at radius 1 is 0.958 bits per heavy atom. The number of carbonyl (C=O) groups is 1. The quantitative estimate of drug-likeness (QED) is 0.850. The molecule has 1 atom stereocenters. The fraction of sp³-hybridized carbons (Fsp3) is 0.350. The van der Waals surface area contributed by atoms with Crippen molar-refractivity contribution in [1.29, 1.82) is 0 Å². The molecule has 0 radical (unpaired) electrons. The summed E-state index contributed by atoms with van der Waals surface area (Å²) >= 11 is 0. The zero-order chi connectivity index (χ0) is 16.6. The van der Waals surface area contributed by atoms with Gasteiger partial charge >= 0.3 is 0 Å². The van der Waals surface area contributed by atoms with Crippen LogP contribution in [-0.4, -0.2) is 16.8 Å². The number of amides is 1. The number of benzene rings is 2. The maximum Gasteiger partial charge on any atom is 0.240 e. The van der Waals surface area contributed by atoms with Gasteiger partial charge in [0.1, 0.15) is 0 Å². The molecule has 0 saturated carbocycles. The first-order valence-corrected chi connectivity index (χ1v) is 8.08. The monoisotopic (exact) mass is 344 g/mol. The highest BCUT2D eigenvalue weighted by atomic mass is 35.5. The minimum absolute atomic E-state index is 0. The molecule has 2 aromatic rings. The van der Waals surface area contributed by atoms with E-state index in [2.05, 4.69) is 24.3 Å². The molecular formula is C20H25ClN2O. The molecule has 0 spiro atoms. The predicted octanol–water partition coefficient (Wildman–Crippen LogP) is 3.99. The summed E-state index contributed by atoms with van der Waals surface area (Å²) in [5, 5.41) is 0. The van der Waals surface area contributed by atoms with Gasteiger partial charge in [-0.15, -0.1) is 12.4 Å². The Kier molecular flexibility index (Phi) is 5.36. The molecule has 0 aliphatic carbocycles. The third-order valence-electron chi connectivity index (χ3n) is 4.56. The van der Waals surface area contributed by atoms with Crippen LogP contribution in [0.25, 0.3) is 11.1 Å². The molecule has 24 heavy (non-hydrogen) atoms. The van der Waals surface area contributed by atoms with Crippen molar-refractivity contribution in [3.8, 4) is 11.1 Å². The summed E-state index contributed by atoms with van der Waals surface area (Å²) in [7, 11) is 0. The van der Waals surface area contributed by atoms with Gasteiger partial charge in [0.25, 0.3) is 0 Å². The molecule has 2 N–H and O–H groups in total. The number of carbonyl (C=O) groups excluding carboxylic acids is 1. The second kappa shape index (κ2) is 6.96. The van der Waals surface area contributed by atoms with Gasteiger partial charge in [0.15, 0.2) is 0 Å². The maximum atomic E-state index is 12.9. The van der Waals surface area contributed by atoms with E-state index in [1.54, 1.807) is 0 Å². The number of rotatable bonds is 1. The van der Waals surface area contributed by atoms with Crippen LogP contribution in [0.4, 0.5) is 0 Å². The lowest BCUT2D eigenvalue weighted by atomic mass is 9.86. The van der Waals surface area contributed by atoms with E-state index in [1.165, 1.54) is 22.3 Å². The van der Waals surface area contributed by atoms with Crippen LogP contribution in [0.3, 0.4) is 0 Å². The second-order valence-corrected chi connectivity index (χ2v) is 7.35. The van der Waals surface area contributed by atoms with E-state index in [-0.39, 0.29) is 23.7 Å². The van der Waals surface area contributed by atoms with Crippen molar-refractivity contribution < 1.29 is 4.79 Å². The van der Waals surface area contributed by atoms with Gasteiger partial charge in [-0.2, -0.15) is 0 Å². The molecule has 0 unspecified atom stereocenters. The van der Waals surface area contributed by atoms with Crippen LogP contribution in [0.5, 0.6) is 0 Å². The summed E-state index contributed by atoms with van der Waals surface area (Å²) < 4.78 is 0. The first kappa shape index (κ1) is 18.5. The molecule has 1 aliphatic rings. The van der Waals surface area contributed by atoms with Crippen molar-refractivity contribution in [2.45, 2.75) is 39.9 Å². The maximum absolute atomic E-state index is 12.9. The smallest absolute Gasteiger partial charge is 0.240 e. The van der Waals surface area contributed by atoms with Crippen molar-refractivity contribution in [3.63, 3.8) is 0 Å². The number of halogens is 1. The molecule has 1 aliphatic heterocycles. The molecule has 0 aromatic heterocycles. The molecule has 1 heterocycles. The molecule has 3 nitrogen and oxygen atoms in total. The highest BCUT2D eigenvalue weighted by molar-refractivity contribution is 5.85. The van der Waals surface area contributed by atoms with Crippen LogP contribution in [0, 0.1) is 5.41 Å². The topological polar surface area (TPSA) is 46.3 Å². The summed E-state index contributed by atoms with van der Waals surface area (Å²) in [6.45, 7) is 7.24. The van der Waals surface area contributed by atoms with Gasteiger partial charge in [0, 0.05) is 13.1 Å². The number of hydrogen-bond donors (Lipinski definition) is 1. The van der Waals surface area contributed by atoms with Crippen LogP contribution in [0.15, 0.2) is 48.5 Å². The number of nitrogens with two attached hydrogens (primary N) is 1. The lowest BCUT2D eigenvalue weighted by Crippen LogP contribution is -2.49. The molecule has 4 heteroatoms. The first-order valence-electron chi connectivity index (χ1n) is 8.08. The second-order valence-electron chi connectivity index (χ2n) is 7.35. The number of nitrogens with zero attached hydrogens (tertiary/aromatic N) is 1. The highest BCUT2D eigenvalue weighted by Crippen LogP contribution is 2.33. The Labute approximate surface area is 150 Å². The summed E-state index contributed by atoms with van der Waals surface area (Å²) in [6.07, 6.45) is 0. The van der Waals surface area contributed by atoms with Crippen LogP contribution in [-0.2, 0) is 17.9 Å². The molecule has 1 amide bonds. The lowest BCUT2D eigenvalue weighted by Gasteiger charge is -2.31. The molecule has 2 aromatic carbocycles. The summed E-state index contributed by atoms with van der Waals surface area (Å²) in [5.41, 5.74) is 10.7. The van der Waals surface area contributed by atoms with E-state index in [4.69, 9.17) is 5.73 Å². The Morgan fingerprint density at radius 3 is 1.79 bits per heavy atom. The molecule has 0 saturated heterocycles. The Balaban J connectivity index is 0.00000208. The zero-order valence-corrected chi connectivity index (χ0v) is 15.3. The van der Waals surface area contributed by atoms with Gasteiger partial charge in [-0.1, -0.05) is 69.3 Å². The number of hydrogen-bond acceptors (Lipinski definition) is 2. The standard InChI is InChI=1S/C20H24N2O.ClH/c1-20(2,3)18(21)19(23)22-12-14-8-4-6-10-16(14)17-11-7-5-9-15(17)13-22;/h4-11,18H,12-13,21H2,1-3H3;1H/t18-;/m1./s1. The van der Waals surface area contributed by atoms with Crippen molar-refractivity contribution >= 4 is 18.3 Å². The van der Waals surface area contributed by atoms with Gasteiger partial charge in [0.05, 0.1) is 6.04 Å². The fourth-order valence-electron chi connectivity index (χ4n) is 3.03. The van der Waals surface area contributed by atoms with Crippen LogP contribution >= 0.6 is 12.4 Å². The molecule has 0 fully saturated rings. The lowest BCUT2D eigenvalue weighted by molar-refractivity contribution is -0.136. The Morgan fingerprint density at radius 2 is 1.38 bits per heavy atom. The van der Waals surface area contributed by atoms with Gasteiger partial charge in [-0.05, 0) is 27.7 Å². The largest absolute Gasteiger partial charge is 0.333 e. The van der Waals surface area contributed by atoms with Crippen molar-refractivity contribution in [1.82, 2.24) is 4.90 Å². The van der Waals surface area contributed by atoms with Crippen LogP contribution in [0.1, 0.15) is 31.9 Å². The minimum atomic E-state index is -0.500. The van der Waals surface area contributed by atoms with Crippen LogP contribution < -0.4 is 5.73 Å². The van der Waals surface area contributed by atoms with Gasteiger partial charge in [-0.25, -0.2) is 0 Å². The fourth-order valence-corrected chi connectivity index (χ4v) is 3.03. The highest BCUT2D eigenvalue weighted by Gasteiger charge is 2.32. The summed E-state index contributed by atoms with van der Waals surface area (Å²) in [6, 6.07) is 16.1. The van der Waals surface area contributed by atoms with Gasteiger partial charge in [-0.3, -0.25) is 4.79 Å². The number of fused-ring (bicyclic) bond motifs is 3. The van der Waals surface area contributed by atoms with E-state index >= 15 is 0 Å². The minimum Gasteiger partial charge on any atom is -0.333 e. The molecule has 0 bridgehead atoms. The summed E-state index contributed by atoms with van der Waals surface area (Å²) in [5.74, 6) is 0.0176. The average molecular weight is 345 g/mol. The average Bonchev–Trinajstić information content (AvgIpc) is 2.69. The predicted molar refractivity (Wildman–Crippen MR) is 101 cm³/mol.